The summed E-state index contributed by atoms with van der Waals surface area (Å²) < 4.78 is 0. The van der Waals surface area contributed by atoms with E-state index in [0.29, 0.717) is 5.54 Å². The molecule has 0 aromatic rings. The van der Waals surface area contributed by atoms with Crippen molar-refractivity contribution in [1.82, 2.24) is 9.80 Å². The molecule has 4 aliphatic carbocycles. The second-order valence-corrected chi connectivity index (χ2v) is 8.67. The van der Waals surface area contributed by atoms with Crippen LogP contribution in [0.3, 0.4) is 0 Å². The zero-order chi connectivity index (χ0) is 14.6. The summed E-state index contributed by atoms with van der Waals surface area (Å²) in [5.41, 5.74) is 6.81. The molecule has 1 aliphatic heterocycles. The van der Waals surface area contributed by atoms with Gasteiger partial charge < -0.3 is 10.6 Å². The van der Waals surface area contributed by atoms with Crippen LogP contribution in [0.25, 0.3) is 0 Å². The van der Waals surface area contributed by atoms with E-state index in [0.717, 1.165) is 36.3 Å². The van der Waals surface area contributed by atoms with Crippen molar-refractivity contribution in [1.29, 1.82) is 0 Å². The lowest BCUT2D eigenvalue weighted by atomic mass is 9.48. The number of likely N-dealkylation sites (N-methyl/N-ethyl adjacent to an activating group) is 2. The minimum absolute atomic E-state index is 0.330. The predicted molar refractivity (Wildman–Crippen MR) is 87.1 cm³/mol. The van der Waals surface area contributed by atoms with Gasteiger partial charge >= 0.3 is 0 Å². The van der Waals surface area contributed by atoms with Crippen molar-refractivity contribution < 1.29 is 0 Å². The van der Waals surface area contributed by atoms with Gasteiger partial charge in [-0.25, -0.2) is 0 Å². The maximum absolute atomic E-state index is 6.48. The molecule has 1 unspecified atom stereocenters. The maximum Gasteiger partial charge on any atom is 0.0388 e. The van der Waals surface area contributed by atoms with Crippen molar-refractivity contribution in [3.8, 4) is 0 Å². The fraction of sp³-hybridized carbons (Fsp3) is 1.00. The van der Waals surface area contributed by atoms with E-state index in [-0.39, 0.29) is 0 Å². The molecule has 3 nitrogen and oxygen atoms in total. The highest BCUT2D eigenvalue weighted by Crippen LogP contribution is 2.60. The normalized spacial score (nSPS) is 50.0. The number of nitrogens with zero attached hydrogens (tertiary/aromatic N) is 2. The van der Waals surface area contributed by atoms with Crippen LogP contribution in [-0.4, -0.2) is 55.1 Å². The summed E-state index contributed by atoms with van der Waals surface area (Å²) in [5.74, 6) is 3.84. The molecule has 5 fully saturated rings. The fourth-order valence-corrected chi connectivity index (χ4v) is 6.85. The van der Waals surface area contributed by atoms with Gasteiger partial charge in [0.1, 0.15) is 0 Å². The van der Waals surface area contributed by atoms with Crippen molar-refractivity contribution in [2.24, 2.45) is 29.4 Å². The van der Waals surface area contributed by atoms with Crippen LogP contribution in [0.4, 0.5) is 0 Å². The van der Waals surface area contributed by atoms with Gasteiger partial charge in [0.25, 0.3) is 0 Å². The first kappa shape index (κ1) is 14.5. The first-order valence-electron chi connectivity index (χ1n) is 9.25. The first-order chi connectivity index (χ1) is 10.1. The minimum atomic E-state index is 0.330. The van der Waals surface area contributed by atoms with Gasteiger partial charge in [-0.05, 0) is 89.3 Å². The third-order valence-electron chi connectivity index (χ3n) is 7.68. The first-order valence-corrected chi connectivity index (χ1v) is 9.25. The van der Waals surface area contributed by atoms with Gasteiger partial charge in [-0.1, -0.05) is 0 Å². The quantitative estimate of drug-likeness (QED) is 0.865. The van der Waals surface area contributed by atoms with Crippen molar-refractivity contribution in [3.05, 3.63) is 0 Å². The third kappa shape index (κ3) is 2.11. The van der Waals surface area contributed by atoms with Crippen LogP contribution >= 0.6 is 0 Å². The van der Waals surface area contributed by atoms with Crippen molar-refractivity contribution in [2.75, 3.05) is 33.7 Å². The van der Waals surface area contributed by atoms with E-state index in [4.69, 9.17) is 5.73 Å². The Hall–Kier alpha value is -0.120. The van der Waals surface area contributed by atoms with Gasteiger partial charge in [0.15, 0.2) is 0 Å². The molecule has 2 N–H and O–H groups in total. The second kappa shape index (κ2) is 5.21. The molecular formula is C18H33N3. The molecule has 21 heavy (non-hydrogen) atoms. The van der Waals surface area contributed by atoms with Crippen LogP contribution in [0.5, 0.6) is 0 Å². The Morgan fingerprint density at radius 2 is 1.71 bits per heavy atom. The lowest BCUT2D eigenvalue weighted by Crippen LogP contribution is -2.71. The Morgan fingerprint density at radius 3 is 2.24 bits per heavy atom. The molecule has 0 amide bonds. The van der Waals surface area contributed by atoms with Crippen LogP contribution in [0.1, 0.15) is 44.9 Å². The summed E-state index contributed by atoms with van der Waals surface area (Å²) in [4.78, 5) is 5.31. The van der Waals surface area contributed by atoms with E-state index in [2.05, 4.69) is 23.9 Å². The van der Waals surface area contributed by atoms with E-state index in [1.165, 1.54) is 58.0 Å². The Bertz CT molecular complexity index is 366. The highest BCUT2D eigenvalue weighted by atomic mass is 15.3. The highest BCUT2D eigenvalue weighted by molar-refractivity contribution is 5.13. The van der Waals surface area contributed by atoms with Crippen molar-refractivity contribution in [3.63, 3.8) is 0 Å². The zero-order valence-corrected chi connectivity index (χ0v) is 13.9. The van der Waals surface area contributed by atoms with Gasteiger partial charge in [0.2, 0.25) is 0 Å². The molecule has 0 radical (unpaired) electrons. The molecule has 0 spiro atoms. The van der Waals surface area contributed by atoms with Crippen LogP contribution in [-0.2, 0) is 0 Å². The molecule has 1 heterocycles. The smallest absolute Gasteiger partial charge is 0.0388 e. The van der Waals surface area contributed by atoms with Crippen LogP contribution in [0.15, 0.2) is 0 Å². The molecule has 120 valence electrons. The summed E-state index contributed by atoms with van der Waals surface area (Å²) in [6, 6.07) is 0.727. The Labute approximate surface area is 130 Å². The summed E-state index contributed by atoms with van der Waals surface area (Å²) in [7, 11) is 4.70. The lowest BCUT2D eigenvalue weighted by Gasteiger charge is -2.65. The number of rotatable bonds is 3. The van der Waals surface area contributed by atoms with E-state index in [9.17, 15) is 0 Å². The molecule has 1 atom stereocenters. The molecular weight excluding hydrogens is 258 g/mol. The minimum Gasteiger partial charge on any atom is -0.329 e. The SMILES string of the molecule is CN1CCCC(N(C)C2(CN)C3CC4CC(C3)CC2C4)C1. The maximum atomic E-state index is 6.48. The summed E-state index contributed by atoms with van der Waals surface area (Å²) in [5, 5.41) is 0. The number of hydrogen-bond donors (Lipinski definition) is 1. The van der Waals surface area contributed by atoms with Gasteiger partial charge in [-0.3, -0.25) is 4.90 Å². The molecule has 4 saturated carbocycles. The number of likely N-dealkylation sites (tertiary alicyclic amines) is 1. The number of hydrogen-bond acceptors (Lipinski definition) is 3. The molecule has 1 saturated heterocycles. The second-order valence-electron chi connectivity index (χ2n) is 8.67. The molecule has 3 heteroatoms. The monoisotopic (exact) mass is 291 g/mol. The summed E-state index contributed by atoms with van der Waals surface area (Å²) in [6.07, 6.45) is 10.1. The van der Waals surface area contributed by atoms with Gasteiger partial charge in [-0.15, -0.1) is 0 Å². The summed E-state index contributed by atoms with van der Waals surface area (Å²) >= 11 is 0. The Morgan fingerprint density at radius 1 is 1.10 bits per heavy atom. The predicted octanol–water partition coefficient (Wildman–Crippen LogP) is 2.17. The van der Waals surface area contributed by atoms with Crippen LogP contribution in [0.2, 0.25) is 0 Å². The van der Waals surface area contributed by atoms with E-state index in [1.807, 2.05) is 0 Å². The molecule has 5 aliphatic rings. The Kier molecular flexibility index (Phi) is 3.59. The van der Waals surface area contributed by atoms with Crippen LogP contribution < -0.4 is 5.73 Å². The topological polar surface area (TPSA) is 32.5 Å². The molecule has 4 bridgehead atoms. The number of piperidine rings is 1. The van der Waals surface area contributed by atoms with Gasteiger partial charge in [0.05, 0.1) is 0 Å². The highest BCUT2D eigenvalue weighted by Gasteiger charge is 2.59. The zero-order valence-electron chi connectivity index (χ0n) is 13.9. The molecule has 5 rings (SSSR count). The Balaban J connectivity index is 1.60. The van der Waals surface area contributed by atoms with E-state index in [1.54, 1.807) is 0 Å². The molecule has 0 aromatic carbocycles. The van der Waals surface area contributed by atoms with E-state index >= 15 is 0 Å². The average Bonchev–Trinajstić information content (AvgIpc) is 2.47. The largest absolute Gasteiger partial charge is 0.329 e. The number of nitrogens with two attached hydrogens (primary N) is 1. The average molecular weight is 291 g/mol. The van der Waals surface area contributed by atoms with Gasteiger partial charge in [-0.2, -0.15) is 0 Å². The fourth-order valence-electron chi connectivity index (χ4n) is 6.85. The van der Waals surface area contributed by atoms with E-state index < -0.39 is 0 Å². The third-order valence-corrected chi connectivity index (χ3v) is 7.68. The summed E-state index contributed by atoms with van der Waals surface area (Å²) in [6.45, 7) is 3.40. The van der Waals surface area contributed by atoms with Crippen LogP contribution in [0, 0.1) is 23.7 Å². The lowest BCUT2D eigenvalue weighted by molar-refractivity contribution is -0.140. The standard InChI is InChI=1S/C18H33N3/c1-20-5-3-4-17(11-20)21(2)18(12-19)15-7-13-6-14(9-15)10-16(18)8-13/h13-17H,3-12,19H2,1-2H3. The van der Waals surface area contributed by atoms with Gasteiger partial charge in [0, 0.05) is 24.7 Å². The molecule has 0 aromatic heterocycles. The van der Waals surface area contributed by atoms with Crippen molar-refractivity contribution >= 4 is 0 Å². The van der Waals surface area contributed by atoms with Crippen molar-refractivity contribution in [2.45, 2.75) is 56.5 Å².